The van der Waals surface area contributed by atoms with Crippen molar-refractivity contribution in [2.24, 2.45) is 0 Å². The van der Waals surface area contributed by atoms with Gasteiger partial charge in [0.05, 0.1) is 6.67 Å². The summed E-state index contributed by atoms with van der Waals surface area (Å²) in [6, 6.07) is 15.5. The van der Waals surface area contributed by atoms with Gasteiger partial charge >= 0.3 is 0 Å². The van der Waals surface area contributed by atoms with Gasteiger partial charge < -0.3 is 10.2 Å². The molecular weight excluding hydrogens is 316 g/mol. The van der Waals surface area contributed by atoms with Gasteiger partial charge in [-0.05, 0) is 43.3 Å². The van der Waals surface area contributed by atoms with Crippen molar-refractivity contribution < 1.29 is 4.79 Å². The Kier molecular flexibility index (Phi) is 4.79. The highest BCUT2D eigenvalue weighted by Crippen LogP contribution is 2.13. The summed E-state index contributed by atoms with van der Waals surface area (Å²) in [6.45, 7) is 2.52. The van der Waals surface area contributed by atoms with Crippen LogP contribution in [0.3, 0.4) is 0 Å². The molecular formula is C16H17BrN2O. The average Bonchev–Trinajstić information content (AvgIpc) is 2.46. The molecule has 0 bridgehead atoms. The van der Waals surface area contributed by atoms with Crippen molar-refractivity contribution in [3.63, 3.8) is 0 Å². The second-order valence-corrected chi connectivity index (χ2v) is 5.62. The number of hydrogen-bond donors (Lipinski definition) is 1. The number of amides is 1. The molecule has 0 spiro atoms. The normalized spacial score (nSPS) is 10.2. The summed E-state index contributed by atoms with van der Waals surface area (Å²) in [5.41, 5.74) is 2.96. The predicted molar refractivity (Wildman–Crippen MR) is 86.1 cm³/mol. The zero-order valence-corrected chi connectivity index (χ0v) is 13.1. The van der Waals surface area contributed by atoms with E-state index in [1.165, 1.54) is 5.56 Å². The van der Waals surface area contributed by atoms with E-state index < -0.39 is 0 Å². The molecule has 2 rings (SSSR count). The molecule has 0 fully saturated rings. The Morgan fingerprint density at radius 2 is 1.70 bits per heavy atom. The lowest BCUT2D eigenvalue weighted by Crippen LogP contribution is -2.35. The zero-order valence-electron chi connectivity index (χ0n) is 11.6. The molecule has 0 aliphatic heterocycles. The van der Waals surface area contributed by atoms with Crippen LogP contribution in [0.15, 0.2) is 53.0 Å². The second kappa shape index (κ2) is 6.57. The monoisotopic (exact) mass is 332 g/mol. The summed E-state index contributed by atoms with van der Waals surface area (Å²) in [7, 11) is 1.95. The molecule has 0 atom stereocenters. The maximum Gasteiger partial charge on any atom is 0.252 e. The zero-order chi connectivity index (χ0) is 14.5. The first-order chi connectivity index (χ1) is 9.56. The van der Waals surface area contributed by atoms with Gasteiger partial charge in [0.2, 0.25) is 0 Å². The smallest absolute Gasteiger partial charge is 0.252 e. The predicted octanol–water partition coefficient (Wildman–Crippen LogP) is 3.58. The van der Waals surface area contributed by atoms with Crippen molar-refractivity contribution >= 4 is 27.5 Å². The highest BCUT2D eigenvalue weighted by Gasteiger charge is 2.06. The number of carbonyl (C=O) groups excluding carboxylic acids is 1. The Hall–Kier alpha value is -1.81. The number of rotatable bonds is 4. The van der Waals surface area contributed by atoms with Crippen LogP contribution in [0.4, 0.5) is 5.69 Å². The van der Waals surface area contributed by atoms with Crippen molar-refractivity contribution in [1.82, 2.24) is 5.32 Å². The largest absolute Gasteiger partial charge is 0.357 e. The molecule has 0 aliphatic rings. The highest BCUT2D eigenvalue weighted by molar-refractivity contribution is 9.10. The van der Waals surface area contributed by atoms with E-state index in [1.807, 2.05) is 36.2 Å². The van der Waals surface area contributed by atoms with Crippen LogP contribution in [-0.2, 0) is 0 Å². The van der Waals surface area contributed by atoms with E-state index in [-0.39, 0.29) is 5.91 Å². The first kappa shape index (κ1) is 14.6. The maximum absolute atomic E-state index is 12.0. The standard InChI is InChI=1S/C16H17BrN2O/c1-12-3-9-15(10-4-12)19(2)11-18-16(20)13-5-7-14(17)8-6-13/h3-10H,11H2,1-2H3,(H,18,20). The lowest BCUT2D eigenvalue weighted by atomic mass is 10.2. The van der Waals surface area contributed by atoms with Gasteiger partial charge in [0.15, 0.2) is 0 Å². The van der Waals surface area contributed by atoms with Crippen LogP contribution in [0.5, 0.6) is 0 Å². The average molecular weight is 333 g/mol. The fraction of sp³-hybridized carbons (Fsp3) is 0.188. The number of nitrogens with one attached hydrogen (secondary N) is 1. The summed E-state index contributed by atoms with van der Waals surface area (Å²) in [5.74, 6) is -0.0727. The van der Waals surface area contributed by atoms with Crippen LogP contribution < -0.4 is 10.2 Å². The molecule has 0 radical (unpaired) electrons. The molecule has 0 saturated carbocycles. The van der Waals surface area contributed by atoms with Crippen LogP contribution >= 0.6 is 15.9 Å². The second-order valence-electron chi connectivity index (χ2n) is 4.70. The fourth-order valence-electron chi connectivity index (χ4n) is 1.78. The number of aryl methyl sites for hydroxylation is 1. The maximum atomic E-state index is 12.0. The molecule has 2 aromatic carbocycles. The van der Waals surface area contributed by atoms with Crippen molar-refractivity contribution in [2.75, 3.05) is 18.6 Å². The van der Waals surface area contributed by atoms with Crippen LogP contribution in [0, 0.1) is 6.92 Å². The quantitative estimate of drug-likeness (QED) is 0.868. The Morgan fingerprint density at radius 3 is 2.30 bits per heavy atom. The van der Waals surface area contributed by atoms with Crippen molar-refractivity contribution in [2.45, 2.75) is 6.92 Å². The van der Waals surface area contributed by atoms with Gasteiger partial charge in [-0.2, -0.15) is 0 Å². The molecule has 2 aromatic rings. The lowest BCUT2D eigenvalue weighted by molar-refractivity contribution is 0.0954. The molecule has 1 N–H and O–H groups in total. The van der Waals surface area contributed by atoms with E-state index >= 15 is 0 Å². The molecule has 0 aromatic heterocycles. The SMILES string of the molecule is Cc1ccc(N(C)CNC(=O)c2ccc(Br)cc2)cc1. The number of carbonyl (C=O) groups is 1. The summed E-state index contributed by atoms with van der Waals surface area (Å²) >= 11 is 3.35. The van der Waals surface area contributed by atoms with E-state index in [9.17, 15) is 4.79 Å². The van der Waals surface area contributed by atoms with E-state index in [4.69, 9.17) is 0 Å². The summed E-state index contributed by atoms with van der Waals surface area (Å²) < 4.78 is 0.964. The Bertz CT molecular complexity index is 578. The molecule has 20 heavy (non-hydrogen) atoms. The number of nitrogens with zero attached hydrogens (tertiary/aromatic N) is 1. The first-order valence-corrected chi connectivity index (χ1v) is 7.17. The molecule has 4 heteroatoms. The van der Waals surface area contributed by atoms with Crippen molar-refractivity contribution in [3.8, 4) is 0 Å². The van der Waals surface area contributed by atoms with Gasteiger partial charge in [-0.25, -0.2) is 0 Å². The van der Waals surface area contributed by atoms with Crippen molar-refractivity contribution in [3.05, 3.63) is 64.1 Å². The van der Waals surface area contributed by atoms with E-state index in [2.05, 4.69) is 40.3 Å². The molecule has 104 valence electrons. The minimum absolute atomic E-state index is 0.0727. The molecule has 0 unspecified atom stereocenters. The Labute approximate surface area is 127 Å². The van der Waals surface area contributed by atoms with E-state index in [1.54, 1.807) is 12.1 Å². The molecule has 0 heterocycles. The lowest BCUT2D eigenvalue weighted by Gasteiger charge is -2.20. The summed E-state index contributed by atoms with van der Waals surface area (Å²) in [5, 5.41) is 2.90. The third kappa shape index (κ3) is 3.84. The fourth-order valence-corrected chi connectivity index (χ4v) is 2.05. The minimum atomic E-state index is -0.0727. The van der Waals surface area contributed by atoms with E-state index in [0.29, 0.717) is 12.2 Å². The molecule has 3 nitrogen and oxygen atoms in total. The van der Waals surface area contributed by atoms with Gasteiger partial charge in [0.1, 0.15) is 0 Å². The Balaban J connectivity index is 1.92. The minimum Gasteiger partial charge on any atom is -0.357 e. The van der Waals surface area contributed by atoms with Gasteiger partial charge in [0, 0.05) is 22.8 Å². The van der Waals surface area contributed by atoms with Gasteiger partial charge in [0.25, 0.3) is 5.91 Å². The molecule has 1 amide bonds. The van der Waals surface area contributed by atoms with Crippen LogP contribution in [0.2, 0.25) is 0 Å². The van der Waals surface area contributed by atoms with Gasteiger partial charge in [-0.3, -0.25) is 4.79 Å². The number of halogens is 1. The molecule has 0 aliphatic carbocycles. The molecule has 0 saturated heterocycles. The summed E-state index contributed by atoms with van der Waals surface area (Å²) in [6.07, 6.45) is 0. The van der Waals surface area contributed by atoms with Crippen molar-refractivity contribution in [1.29, 1.82) is 0 Å². The van der Waals surface area contributed by atoms with Crippen LogP contribution in [-0.4, -0.2) is 19.6 Å². The van der Waals surface area contributed by atoms with Gasteiger partial charge in [-0.15, -0.1) is 0 Å². The van der Waals surface area contributed by atoms with Gasteiger partial charge in [-0.1, -0.05) is 33.6 Å². The Morgan fingerprint density at radius 1 is 1.10 bits per heavy atom. The van der Waals surface area contributed by atoms with Crippen LogP contribution in [0.25, 0.3) is 0 Å². The van der Waals surface area contributed by atoms with E-state index in [0.717, 1.165) is 10.2 Å². The number of hydrogen-bond acceptors (Lipinski definition) is 2. The number of anilines is 1. The topological polar surface area (TPSA) is 32.3 Å². The third-order valence-electron chi connectivity index (χ3n) is 3.06. The van der Waals surface area contributed by atoms with Crippen LogP contribution in [0.1, 0.15) is 15.9 Å². The first-order valence-electron chi connectivity index (χ1n) is 6.38. The summed E-state index contributed by atoms with van der Waals surface area (Å²) in [4.78, 5) is 14.0. The number of benzene rings is 2. The third-order valence-corrected chi connectivity index (χ3v) is 3.59. The highest BCUT2D eigenvalue weighted by atomic mass is 79.9.